The largest absolute Gasteiger partial charge is 0.350 e. The molecule has 0 saturated carbocycles. The van der Waals surface area contributed by atoms with Crippen LogP contribution in [0.25, 0.3) is 0 Å². The minimum absolute atomic E-state index is 0.0339. The van der Waals surface area contributed by atoms with Crippen molar-refractivity contribution in [2.45, 2.75) is 20.0 Å². The van der Waals surface area contributed by atoms with Crippen LogP contribution < -0.4 is 15.5 Å². The highest BCUT2D eigenvalue weighted by atomic mass is 16.2. The Morgan fingerprint density at radius 1 is 0.960 bits per heavy atom. The number of carbonyl (C=O) groups excluding carboxylic acids is 2. The predicted molar refractivity (Wildman–Crippen MR) is 98.3 cm³/mol. The van der Waals surface area contributed by atoms with E-state index in [1.165, 1.54) is 10.5 Å². The Labute approximate surface area is 149 Å². The van der Waals surface area contributed by atoms with E-state index in [0.717, 1.165) is 17.7 Å². The van der Waals surface area contributed by atoms with Gasteiger partial charge in [-0.25, -0.2) is 0 Å². The Bertz CT molecular complexity index is 741. The van der Waals surface area contributed by atoms with Crippen LogP contribution in [0.2, 0.25) is 0 Å². The van der Waals surface area contributed by atoms with Crippen LogP contribution in [-0.4, -0.2) is 32.5 Å². The molecule has 0 saturated heterocycles. The minimum Gasteiger partial charge on any atom is -0.350 e. The monoisotopic (exact) mass is 340 g/mol. The highest BCUT2D eigenvalue weighted by Gasteiger charge is 2.10. The number of hydrogen-bond donors (Lipinski definition) is 3. The van der Waals surface area contributed by atoms with E-state index < -0.39 is 0 Å². The van der Waals surface area contributed by atoms with Gasteiger partial charge in [-0.1, -0.05) is 42.0 Å². The Kier molecular flexibility index (Phi) is 6.71. The zero-order valence-electron chi connectivity index (χ0n) is 15.1. The predicted octanol–water partition coefficient (Wildman–Crippen LogP) is 0.686. The fourth-order valence-electron chi connectivity index (χ4n) is 2.59. The summed E-state index contributed by atoms with van der Waals surface area (Å²) in [7, 11) is 4.19. The highest BCUT2D eigenvalue weighted by molar-refractivity contribution is 5.96. The standard InChI is InChI=1S/C20H25N3O2/c1-15-7-6-10-16(11-15)20(25)22-13-19(24)21-12-17-8-4-5-9-18(17)14-23(2)3/h4-11H,12-14H2,1-3H3,(H,21,24)(H,22,25)/p+1. The molecule has 25 heavy (non-hydrogen) atoms. The van der Waals surface area contributed by atoms with Crippen LogP contribution in [0.4, 0.5) is 0 Å². The number of hydrogen-bond acceptors (Lipinski definition) is 2. The zero-order chi connectivity index (χ0) is 18.2. The smallest absolute Gasteiger partial charge is 0.251 e. The van der Waals surface area contributed by atoms with E-state index >= 15 is 0 Å². The molecule has 2 aromatic rings. The molecule has 0 aromatic heterocycles. The van der Waals surface area contributed by atoms with Gasteiger partial charge in [0.05, 0.1) is 20.6 Å². The maximum absolute atomic E-state index is 12.1. The normalized spacial score (nSPS) is 10.6. The van der Waals surface area contributed by atoms with Gasteiger partial charge in [-0.2, -0.15) is 0 Å². The van der Waals surface area contributed by atoms with Gasteiger partial charge in [-0.05, 0) is 24.6 Å². The van der Waals surface area contributed by atoms with Crippen molar-refractivity contribution in [1.82, 2.24) is 10.6 Å². The first kappa shape index (κ1) is 18.7. The average Bonchev–Trinajstić information content (AvgIpc) is 2.58. The molecule has 5 nitrogen and oxygen atoms in total. The van der Waals surface area contributed by atoms with Crippen molar-refractivity contribution in [3.05, 3.63) is 70.8 Å². The average molecular weight is 340 g/mol. The molecule has 2 amide bonds. The molecule has 5 heteroatoms. The van der Waals surface area contributed by atoms with Crippen molar-refractivity contribution < 1.29 is 14.5 Å². The molecule has 0 aliphatic rings. The van der Waals surface area contributed by atoms with E-state index in [0.29, 0.717) is 12.1 Å². The summed E-state index contributed by atoms with van der Waals surface area (Å²) >= 11 is 0. The lowest BCUT2D eigenvalue weighted by atomic mass is 10.1. The summed E-state index contributed by atoms with van der Waals surface area (Å²) in [5.74, 6) is -0.441. The van der Waals surface area contributed by atoms with E-state index in [4.69, 9.17) is 0 Å². The summed E-state index contributed by atoms with van der Waals surface area (Å²) in [6.07, 6.45) is 0. The van der Waals surface area contributed by atoms with Crippen LogP contribution in [-0.2, 0) is 17.9 Å². The Balaban J connectivity index is 1.84. The number of nitrogens with one attached hydrogen (secondary N) is 3. The van der Waals surface area contributed by atoms with Crippen molar-refractivity contribution in [3.63, 3.8) is 0 Å². The van der Waals surface area contributed by atoms with E-state index in [1.54, 1.807) is 12.1 Å². The third-order valence-electron chi connectivity index (χ3n) is 3.83. The van der Waals surface area contributed by atoms with Gasteiger partial charge in [0.1, 0.15) is 6.54 Å². The first-order chi connectivity index (χ1) is 12.0. The Morgan fingerprint density at radius 3 is 2.36 bits per heavy atom. The van der Waals surface area contributed by atoms with Gasteiger partial charge in [0, 0.05) is 17.7 Å². The molecule has 0 radical (unpaired) electrons. The van der Waals surface area contributed by atoms with Gasteiger partial charge >= 0.3 is 0 Å². The van der Waals surface area contributed by atoms with Gasteiger partial charge in [0.25, 0.3) is 5.91 Å². The van der Waals surface area contributed by atoms with Crippen molar-refractivity contribution in [2.75, 3.05) is 20.6 Å². The van der Waals surface area contributed by atoms with Gasteiger partial charge < -0.3 is 15.5 Å². The number of benzene rings is 2. The summed E-state index contributed by atoms with van der Waals surface area (Å²) in [5.41, 5.74) is 3.89. The van der Waals surface area contributed by atoms with Gasteiger partial charge in [0.2, 0.25) is 5.91 Å². The SMILES string of the molecule is Cc1cccc(C(=O)NCC(=O)NCc2ccccc2C[NH+](C)C)c1. The van der Waals surface area contributed by atoms with Crippen molar-refractivity contribution in [3.8, 4) is 0 Å². The third kappa shape index (κ3) is 6.04. The maximum Gasteiger partial charge on any atom is 0.251 e. The second-order valence-electron chi connectivity index (χ2n) is 6.48. The fourth-order valence-corrected chi connectivity index (χ4v) is 2.59. The van der Waals surface area contributed by atoms with Crippen LogP contribution >= 0.6 is 0 Å². The van der Waals surface area contributed by atoms with E-state index in [9.17, 15) is 9.59 Å². The van der Waals surface area contributed by atoms with Crippen LogP contribution in [0.5, 0.6) is 0 Å². The van der Waals surface area contributed by atoms with E-state index in [2.05, 4.69) is 30.8 Å². The fraction of sp³-hybridized carbons (Fsp3) is 0.300. The first-order valence-corrected chi connectivity index (χ1v) is 8.43. The van der Waals surface area contributed by atoms with Crippen molar-refractivity contribution in [2.24, 2.45) is 0 Å². The minimum atomic E-state index is -0.240. The molecule has 0 heterocycles. The second kappa shape index (κ2) is 8.99. The number of rotatable bonds is 7. The number of amides is 2. The molecule has 0 aliphatic heterocycles. The van der Waals surface area contributed by atoms with Crippen LogP contribution in [0, 0.1) is 6.92 Å². The lowest BCUT2D eigenvalue weighted by Gasteiger charge is -2.13. The summed E-state index contributed by atoms with van der Waals surface area (Å²) in [6, 6.07) is 15.4. The lowest BCUT2D eigenvalue weighted by molar-refractivity contribution is -0.872. The Hall–Kier alpha value is -2.66. The molecular weight excluding hydrogens is 314 g/mol. The number of aryl methyl sites for hydroxylation is 1. The summed E-state index contributed by atoms with van der Waals surface area (Å²) in [6.45, 7) is 3.25. The molecule has 0 bridgehead atoms. The molecular formula is C20H26N3O2+. The zero-order valence-corrected chi connectivity index (χ0v) is 15.1. The quantitative estimate of drug-likeness (QED) is 0.694. The summed E-state index contributed by atoms with van der Waals surface area (Å²) in [4.78, 5) is 25.4. The molecule has 2 aromatic carbocycles. The third-order valence-corrected chi connectivity index (χ3v) is 3.83. The van der Waals surface area contributed by atoms with Crippen LogP contribution in [0.1, 0.15) is 27.0 Å². The van der Waals surface area contributed by atoms with Crippen LogP contribution in [0.3, 0.4) is 0 Å². The maximum atomic E-state index is 12.1. The molecule has 3 N–H and O–H groups in total. The lowest BCUT2D eigenvalue weighted by Crippen LogP contribution is -3.04. The number of quaternary nitrogens is 1. The Morgan fingerprint density at radius 2 is 1.68 bits per heavy atom. The molecule has 2 rings (SSSR count). The van der Waals surface area contributed by atoms with Gasteiger partial charge in [-0.3, -0.25) is 9.59 Å². The van der Waals surface area contributed by atoms with Crippen molar-refractivity contribution in [1.29, 1.82) is 0 Å². The molecule has 132 valence electrons. The summed E-state index contributed by atoms with van der Waals surface area (Å²) in [5, 5.41) is 5.52. The highest BCUT2D eigenvalue weighted by Crippen LogP contribution is 2.07. The molecule has 0 spiro atoms. The second-order valence-corrected chi connectivity index (χ2v) is 6.48. The van der Waals surface area contributed by atoms with E-state index in [1.807, 2.05) is 37.3 Å². The molecule has 0 fully saturated rings. The van der Waals surface area contributed by atoms with Gasteiger partial charge in [0.15, 0.2) is 0 Å². The molecule has 0 unspecified atom stereocenters. The van der Waals surface area contributed by atoms with Crippen molar-refractivity contribution >= 4 is 11.8 Å². The van der Waals surface area contributed by atoms with Crippen LogP contribution in [0.15, 0.2) is 48.5 Å². The summed E-state index contributed by atoms with van der Waals surface area (Å²) < 4.78 is 0. The van der Waals surface area contributed by atoms with E-state index in [-0.39, 0.29) is 18.4 Å². The van der Waals surface area contributed by atoms with Gasteiger partial charge in [-0.15, -0.1) is 0 Å². The first-order valence-electron chi connectivity index (χ1n) is 8.43. The number of carbonyl (C=O) groups is 2. The molecule has 0 aliphatic carbocycles. The topological polar surface area (TPSA) is 62.6 Å². The molecule has 0 atom stereocenters.